The highest BCUT2D eigenvalue weighted by Crippen LogP contribution is 2.19. The topological polar surface area (TPSA) is 77.0 Å². The van der Waals surface area contributed by atoms with Crippen LogP contribution < -0.4 is 10.6 Å². The van der Waals surface area contributed by atoms with E-state index >= 15 is 0 Å². The van der Waals surface area contributed by atoms with Crippen LogP contribution in [0, 0.1) is 0 Å². The molecule has 0 aliphatic carbocycles. The number of likely N-dealkylation sites (tertiary alicyclic amines) is 1. The van der Waals surface area contributed by atoms with Crippen LogP contribution in [0.4, 0.5) is 0 Å². The highest BCUT2D eigenvalue weighted by atomic mass is 32.2. The van der Waals surface area contributed by atoms with E-state index in [9.17, 15) is 8.42 Å². The van der Waals surface area contributed by atoms with Crippen LogP contribution in [0.1, 0.15) is 44.6 Å². The Morgan fingerprint density at radius 1 is 1.13 bits per heavy atom. The van der Waals surface area contributed by atoms with Gasteiger partial charge in [-0.3, -0.25) is 9.89 Å². The molecule has 0 bridgehead atoms. The minimum Gasteiger partial charge on any atom is -0.355 e. The van der Waals surface area contributed by atoms with Crippen LogP contribution in [0.5, 0.6) is 0 Å². The molecule has 2 N–H and O–H groups in total. The third kappa shape index (κ3) is 6.43. The molecule has 2 aliphatic rings. The lowest BCUT2D eigenvalue weighted by Gasteiger charge is -2.32. The molecule has 0 spiro atoms. The van der Waals surface area contributed by atoms with E-state index in [-0.39, 0.29) is 11.8 Å². The maximum absolute atomic E-state index is 12.2. The summed E-state index contributed by atoms with van der Waals surface area (Å²) in [5.41, 5.74) is 1.36. The van der Waals surface area contributed by atoms with E-state index < -0.39 is 10.0 Å². The Hall–Kier alpha value is -1.64. The summed E-state index contributed by atoms with van der Waals surface area (Å²) in [6.07, 6.45) is 4.72. The van der Waals surface area contributed by atoms with Crippen molar-refractivity contribution in [3.63, 3.8) is 0 Å². The number of hydrogen-bond donors (Lipinski definition) is 2. The maximum atomic E-state index is 12.2. The summed E-state index contributed by atoms with van der Waals surface area (Å²) in [7, 11) is -1.29. The number of hydrogen-bond acceptors (Lipinski definition) is 4. The lowest BCUT2D eigenvalue weighted by atomic mass is 10.1. The van der Waals surface area contributed by atoms with E-state index in [2.05, 4.69) is 50.9 Å². The molecule has 1 unspecified atom stereocenters. The van der Waals surface area contributed by atoms with Crippen molar-refractivity contribution in [3.8, 4) is 0 Å². The van der Waals surface area contributed by atoms with Crippen LogP contribution in [-0.2, 0) is 16.6 Å². The van der Waals surface area contributed by atoms with E-state index in [4.69, 9.17) is 0 Å². The predicted molar refractivity (Wildman–Crippen MR) is 123 cm³/mol. The Balaban J connectivity index is 1.44. The number of nitrogens with zero attached hydrogens (tertiary/aromatic N) is 3. The molecule has 2 aliphatic heterocycles. The Kier molecular flexibility index (Phi) is 8.53. The largest absolute Gasteiger partial charge is 0.355 e. The first kappa shape index (κ1) is 23.0. The third-order valence-electron chi connectivity index (χ3n) is 6.11. The number of piperidine rings is 1. The van der Waals surface area contributed by atoms with E-state index in [1.54, 1.807) is 11.4 Å². The van der Waals surface area contributed by atoms with E-state index in [0.717, 1.165) is 38.4 Å². The molecule has 8 heteroatoms. The van der Waals surface area contributed by atoms with Crippen LogP contribution >= 0.6 is 0 Å². The summed E-state index contributed by atoms with van der Waals surface area (Å²) >= 11 is 0. The van der Waals surface area contributed by atoms with Gasteiger partial charge in [0.2, 0.25) is 10.0 Å². The molecule has 1 aromatic carbocycles. The van der Waals surface area contributed by atoms with Crippen LogP contribution in [0.2, 0.25) is 0 Å². The minimum atomic E-state index is -3.09. The van der Waals surface area contributed by atoms with Gasteiger partial charge in [0, 0.05) is 45.3 Å². The second kappa shape index (κ2) is 11.1. The summed E-state index contributed by atoms with van der Waals surface area (Å²) in [6.45, 7) is 6.08. The third-order valence-corrected chi connectivity index (χ3v) is 8.18. The molecule has 0 aromatic heterocycles. The maximum Gasteiger partial charge on any atom is 0.214 e. The zero-order valence-electron chi connectivity index (χ0n) is 18.4. The van der Waals surface area contributed by atoms with Crippen LogP contribution in [0.25, 0.3) is 0 Å². The summed E-state index contributed by atoms with van der Waals surface area (Å²) in [4.78, 5) is 6.94. The number of benzene rings is 1. The standard InChI is InChI=1S/C22H37N5O2S/c1-3-16-30(28,29)27-14-11-20(12-15-27)25-22(23-2)24-17-21-10-7-13-26(21)18-19-8-5-4-6-9-19/h4-6,8-9,20-21H,3,7,10-18H2,1-2H3,(H2,23,24,25). The molecule has 2 saturated heterocycles. The molecule has 1 atom stereocenters. The Morgan fingerprint density at radius 3 is 2.53 bits per heavy atom. The van der Waals surface area contributed by atoms with Gasteiger partial charge >= 0.3 is 0 Å². The van der Waals surface area contributed by atoms with Gasteiger partial charge < -0.3 is 10.6 Å². The molecular weight excluding hydrogens is 398 g/mol. The molecule has 1 aromatic rings. The Morgan fingerprint density at radius 2 is 1.87 bits per heavy atom. The average molecular weight is 436 g/mol. The molecule has 3 rings (SSSR count). The van der Waals surface area contributed by atoms with Gasteiger partial charge in [-0.25, -0.2) is 12.7 Å². The zero-order chi connectivity index (χ0) is 21.4. The van der Waals surface area contributed by atoms with E-state index in [0.29, 0.717) is 25.6 Å². The van der Waals surface area contributed by atoms with Crippen LogP contribution in [-0.4, -0.2) is 74.6 Å². The number of sulfonamides is 1. The fourth-order valence-electron chi connectivity index (χ4n) is 4.42. The Bertz CT molecular complexity index is 776. The first-order valence-corrected chi connectivity index (χ1v) is 12.9. The van der Waals surface area contributed by atoms with Crippen molar-refractivity contribution in [1.29, 1.82) is 0 Å². The van der Waals surface area contributed by atoms with Crippen molar-refractivity contribution in [2.75, 3.05) is 39.0 Å². The SMILES string of the molecule is CCCS(=O)(=O)N1CCC(NC(=NC)NCC2CCCN2Cc2ccccc2)CC1. The summed E-state index contributed by atoms with van der Waals surface area (Å²) in [5.74, 6) is 1.06. The quantitative estimate of drug-likeness (QED) is 0.483. The number of nitrogens with one attached hydrogen (secondary N) is 2. The lowest BCUT2D eigenvalue weighted by molar-refractivity contribution is 0.244. The average Bonchev–Trinajstić information content (AvgIpc) is 3.19. The van der Waals surface area contributed by atoms with Gasteiger partial charge in [-0.2, -0.15) is 0 Å². The first-order chi connectivity index (χ1) is 14.5. The number of aliphatic imine (C=N–C) groups is 1. The molecule has 2 heterocycles. The normalized spacial score (nSPS) is 22.3. The van der Waals surface area contributed by atoms with Gasteiger partial charge in [-0.1, -0.05) is 37.3 Å². The predicted octanol–water partition coefficient (Wildman–Crippen LogP) is 2.02. The lowest BCUT2D eigenvalue weighted by Crippen LogP contribution is -2.51. The minimum absolute atomic E-state index is 0.245. The molecule has 168 valence electrons. The van der Waals surface area contributed by atoms with Crippen molar-refractivity contribution in [2.45, 2.75) is 57.7 Å². The molecule has 2 fully saturated rings. The zero-order valence-corrected chi connectivity index (χ0v) is 19.2. The summed E-state index contributed by atoms with van der Waals surface area (Å²) in [5, 5.41) is 7.00. The summed E-state index contributed by atoms with van der Waals surface area (Å²) in [6, 6.07) is 11.4. The van der Waals surface area contributed by atoms with Gasteiger partial charge in [-0.05, 0) is 44.2 Å². The smallest absolute Gasteiger partial charge is 0.214 e. The van der Waals surface area contributed by atoms with Crippen LogP contribution in [0.3, 0.4) is 0 Å². The van der Waals surface area contributed by atoms with Gasteiger partial charge in [0.15, 0.2) is 5.96 Å². The molecule has 7 nitrogen and oxygen atoms in total. The molecule has 0 radical (unpaired) electrons. The van der Waals surface area contributed by atoms with Crippen molar-refractivity contribution in [3.05, 3.63) is 35.9 Å². The van der Waals surface area contributed by atoms with Gasteiger partial charge in [0.25, 0.3) is 0 Å². The van der Waals surface area contributed by atoms with Gasteiger partial charge in [-0.15, -0.1) is 0 Å². The second-order valence-corrected chi connectivity index (χ2v) is 10.4. The molecule has 30 heavy (non-hydrogen) atoms. The van der Waals surface area contributed by atoms with Gasteiger partial charge in [0.05, 0.1) is 5.75 Å². The highest BCUT2D eigenvalue weighted by Gasteiger charge is 2.28. The number of guanidine groups is 1. The van der Waals surface area contributed by atoms with Crippen molar-refractivity contribution < 1.29 is 8.42 Å². The van der Waals surface area contributed by atoms with E-state index in [1.165, 1.54) is 18.4 Å². The van der Waals surface area contributed by atoms with Crippen molar-refractivity contribution in [2.24, 2.45) is 4.99 Å². The fourth-order valence-corrected chi connectivity index (χ4v) is 5.96. The Labute approximate surface area is 182 Å². The number of rotatable bonds is 8. The van der Waals surface area contributed by atoms with Crippen LogP contribution in [0.15, 0.2) is 35.3 Å². The van der Waals surface area contributed by atoms with Crippen molar-refractivity contribution >= 4 is 16.0 Å². The van der Waals surface area contributed by atoms with Crippen molar-refractivity contribution in [1.82, 2.24) is 19.8 Å². The molecular formula is C22H37N5O2S. The first-order valence-electron chi connectivity index (χ1n) is 11.2. The second-order valence-electron chi connectivity index (χ2n) is 8.34. The summed E-state index contributed by atoms with van der Waals surface area (Å²) < 4.78 is 26.1. The van der Waals surface area contributed by atoms with E-state index in [1.807, 2.05) is 6.92 Å². The monoisotopic (exact) mass is 435 g/mol. The van der Waals surface area contributed by atoms with Gasteiger partial charge in [0.1, 0.15) is 0 Å². The molecule has 0 saturated carbocycles. The fraction of sp³-hybridized carbons (Fsp3) is 0.682. The highest BCUT2D eigenvalue weighted by molar-refractivity contribution is 7.89. The molecule has 0 amide bonds.